The highest BCUT2D eigenvalue weighted by Crippen LogP contribution is 2.41. The van der Waals surface area contributed by atoms with Crippen molar-refractivity contribution in [1.29, 1.82) is 0 Å². The Morgan fingerprint density at radius 1 is 1.03 bits per heavy atom. The molecule has 2 aliphatic heterocycles. The summed E-state index contributed by atoms with van der Waals surface area (Å²) >= 11 is 0. The first kappa shape index (κ1) is 21.9. The van der Waals surface area contributed by atoms with E-state index in [9.17, 15) is 8.42 Å². The zero-order valence-corrected chi connectivity index (χ0v) is 20.2. The standard InChI is InChI=1S/C24H21N9O3S/c25-24-27-8-6-18(29-24)17-11-32(37(34,35)16-4-2-1-3-5-16)23-22(17)19(7-9-26-23)31-12-20-21(13-31)36-14-15-10-28-30-33(15)20/h1-11,20-21H,12-14H2,(H2,25,27,29)/t20-,21-/m1/s1. The van der Waals surface area contributed by atoms with E-state index in [1.54, 1.807) is 61.2 Å². The predicted molar refractivity (Wildman–Crippen MR) is 134 cm³/mol. The number of nitrogens with zero attached hydrogens (tertiary/aromatic N) is 8. The maximum atomic E-state index is 13.7. The number of nitrogens with two attached hydrogens (primary N) is 1. The first-order valence-corrected chi connectivity index (χ1v) is 13.1. The van der Waals surface area contributed by atoms with Crippen LogP contribution in [0.1, 0.15) is 11.7 Å². The van der Waals surface area contributed by atoms with Gasteiger partial charge >= 0.3 is 0 Å². The van der Waals surface area contributed by atoms with E-state index in [1.807, 2.05) is 10.7 Å². The van der Waals surface area contributed by atoms with Gasteiger partial charge in [-0.25, -0.2) is 32.0 Å². The lowest BCUT2D eigenvalue weighted by Crippen LogP contribution is -2.32. The van der Waals surface area contributed by atoms with Crippen molar-refractivity contribution in [2.24, 2.45) is 0 Å². The van der Waals surface area contributed by atoms with Crippen LogP contribution in [-0.4, -0.2) is 61.5 Å². The second-order valence-corrected chi connectivity index (χ2v) is 10.8. The van der Waals surface area contributed by atoms with Crippen LogP contribution < -0.4 is 10.6 Å². The fourth-order valence-electron chi connectivity index (χ4n) is 5.17. The molecule has 1 aromatic carbocycles. The van der Waals surface area contributed by atoms with Crippen molar-refractivity contribution in [3.05, 3.63) is 72.9 Å². The molecule has 7 rings (SSSR count). The summed E-state index contributed by atoms with van der Waals surface area (Å²) in [7, 11) is -3.94. The van der Waals surface area contributed by atoms with Crippen molar-refractivity contribution in [2.75, 3.05) is 23.7 Å². The lowest BCUT2D eigenvalue weighted by molar-refractivity contribution is -0.00253. The Balaban J connectivity index is 1.43. The van der Waals surface area contributed by atoms with Gasteiger partial charge in [-0.1, -0.05) is 23.4 Å². The Hall–Kier alpha value is -4.36. The smallest absolute Gasteiger partial charge is 0.269 e. The van der Waals surface area contributed by atoms with Gasteiger partial charge in [-0.2, -0.15) is 0 Å². The molecule has 0 aliphatic carbocycles. The number of hydrogen-bond donors (Lipinski definition) is 1. The molecule has 0 spiro atoms. The normalized spacial score (nSPS) is 19.2. The maximum absolute atomic E-state index is 13.7. The highest BCUT2D eigenvalue weighted by molar-refractivity contribution is 7.90. The average molecular weight is 516 g/mol. The van der Waals surface area contributed by atoms with Gasteiger partial charge in [0.2, 0.25) is 5.95 Å². The Labute approximate surface area is 211 Å². The molecule has 0 amide bonds. The monoisotopic (exact) mass is 515 g/mol. The molecule has 4 aromatic heterocycles. The minimum absolute atomic E-state index is 0.0113. The van der Waals surface area contributed by atoms with Gasteiger partial charge in [0, 0.05) is 37.2 Å². The van der Waals surface area contributed by atoms with Crippen molar-refractivity contribution in [2.45, 2.75) is 23.6 Å². The van der Waals surface area contributed by atoms with Crippen LogP contribution in [0.25, 0.3) is 22.3 Å². The molecule has 6 heterocycles. The van der Waals surface area contributed by atoms with Crippen LogP contribution in [0.15, 0.2) is 72.1 Å². The number of pyridine rings is 1. The minimum Gasteiger partial charge on any atom is -0.368 e. The molecule has 2 aliphatic rings. The number of fused-ring (bicyclic) bond motifs is 4. The summed E-state index contributed by atoms with van der Waals surface area (Å²) in [4.78, 5) is 15.2. The number of nitrogen functional groups attached to an aromatic ring is 1. The first-order valence-electron chi connectivity index (χ1n) is 11.7. The molecule has 2 atom stereocenters. The third-order valence-electron chi connectivity index (χ3n) is 6.87. The van der Waals surface area contributed by atoms with Gasteiger partial charge in [0.15, 0.2) is 5.65 Å². The quantitative estimate of drug-likeness (QED) is 0.376. The second kappa shape index (κ2) is 8.08. The van der Waals surface area contributed by atoms with E-state index in [-0.39, 0.29) is 23.0 Å². The predicted octanol–water partition coefficient (Wildman–Crippen LogP) is 1.86. The topological polar surface area (TPSA) is 147 Å². The number of aromatic nitrogens is 7. The van der Waals surface area contributed by atoms with Crippen LogP contribution in [0, 0.1) is 0 Å². The summed E-state index contributed by atoms with van der Waals surface area (Å²) in [6.07, 6.45) is 6.37. The zero-order chi connectivity index (χ0) is 25.1. The van der Waals surface area contributed by atoms with Gasteiger partial charge in [0.1, 0.15) is 0 Å². The molecule has 0 radical (unpaired) electrons. The Morgan fingerprint density at radius 2 is 1.86 bits per heavy atom. The molecular weight excluding hydrogens is 494 g/mol. The van der Waals surface area contributed by atoms with Crippen LogP contribution in [0.5, 0.6) is 0 Å². The highest BCUT2D eigenvalue weighted by atomic mass is 32.2. The molecule has 12 nitrogen and oxygen atoms in total. The summed E-state index contributed by atoms with van der Waals surface area (Å²) in [5, 5.41) is 8.96. The first-order chi connectivity index (χ1) is 18.0. The van der Waals surface area contributed by atoms with Crippen molar-refractivity contribution in [1.82, 2.24) is 33.9 Å². The molecule has 1 saturated heterocycles. The fourth-order valence-corrected chi connectivity index (χ4v) is 6.51. The zero-order valence-electron chi connectivity index (χ0n) is 19.4. The van der Waals surface area contributed by atoms with Gasteiger partial charge in [-0.05, 0) is 24.3 Å². The Morgan fingerprint density at radius 3 is 2.70 bits per heavy atom. The van der Waals surface area contributed by atoms with Crippen molar-refractivity contribution < 1.29 is 13.2 Å². The molecule has 13 heteroatoms. The van der Waals surface area contributed by atoms with E-state index in [4.69, 9.17) is 10.5 Å². The molecule has 0 bridgehead atoms. The van der Waals surface area contributed by atoms with Crippen LogP contribution >= 0.6 is 0 Å². The van der Waals surface area contributed by atoms with Gasteiger partial charge in [0.25, 0.3) is 10.0 Å². The molecule has 5 aromatic rings. The molecule has 0 saturated carbocycles. The van der Waals surface area contributed by atoms with E-state index in [0.29, 0.717) is 42.0 Å². The van der Waals surface area contributed by atoms with Gasteiger partial charge < -0.3 is 15.4 Å². The van der Waals surface area contributed by atoms with E-state index in [2.05, 4.69) is 30.2 Å². The van der Waals surface area contributed by atoms with E-state index in [1.165, 1.54) is 3.97 Å². The SMILES string of the molecule is Nc1nccc(-c2cn(S(=O)(=O)c3ccccc3)c3nccc(N4C[C@@H]5[C@@H](C4)OCc4cnnn45)c23)n1. The van der Waals surface area contributed by atoms with Crippen LogP contribution in [0.4, 0.5) is 11.6 Å². The number of rotatable bonds is 4. The van der Waals surface area contributed by atoms with E-state index < -0.39 is 10.0 Å². The minimum atomic E-state index is -3.94. The summed E-state index contributed by atoms with van der Waals surface area (Å²) in [5.41, 5.74) is 9.03. The molecule has 37 heavy (non-hydrogen) atoms. The summed E-state index contributed by atoms with van der Waals surface area (Å²) in [5.74, 6) is 0.0917. The maximum Gasteiger partial charge on any atom is 0.269 e. The number of hydrogen-bond acceptors (Lipinski definition) is 10. The van der Waals surface area contributed by atoms with Gasteiger partial charge in [-0.3, -0.25) is 0 Å². The van der Waals surface area contributed by atoms with Gasteiger partial charge in [0.05, 0.1) is 52.3 Å². The van der Waals surface area contributed by atoms with E-state index in [0.717, 1.165) is 11.4 Å². The summed E-state index contributed by atoms with van der Waals surface area (Å²) in [6.45, 7) is 1.66. The number of anilines is 2. The van der Waals surface area contributed by atoms with E-state index >= 15 is 0 Å². The van der Waals surface area contributed by atoms with Crippen molar-refractivity contribution >= 4 is 32.7 Å². The third-order valence-corrected chi connectivity index (χ3v) is 8.53. The highest BCUT2D eigenvalue weighted by Gasteiger charge is 2.40. The summed E-state index contributed by atoms with van der Waals surface area (Å²) in [6, 6.07) is 11.8. The Bertz CT molecular complexity index is 1750. The van der Waals surface area contributed by atoms with Crippen molar-refractivity contribution in [3.8, 4) is 11.3 Å². The molecule has 186 valence electrons. The Kier molecular flexibility index (Phi) is 4.78. The van der Waals surface area contributed by atoms with Crippen molar-refractivity contribution in [3.63, 3.8) is 0 Å². The van der Waals surface area contributed by atoms with Crippen LogP contribution in [0.2, 0.25) is 0 Å². The molecule has 1 fully saturated rings. The third kappa shape index (κ3) is 3.38. The second-order valence-electron chi connectivity index (χ2n) is 8.98. The lowest BCUT2D eigenvalue weighted by atomic mass is 10.1. The fraction of sp³-hybridized carbons (Fsp3) is 0.208. The molecular formula is C24H21N9O3S. The molecule has 2 N–H and O–H groups in total. The lowest BCUT2D eigenvalue weighted by Gasteiger charge is -2.25. The largest absolute Gasteiger partial charge is 0.368 e. The number of ether oxygens (including phenoxy) is 1. The van der Waals surface area contributed by atoms with Crippen LogP contribution in [-0.2, 0) is 21.4 Å². The summed E-state index contributed by atoms with van der Waals surface area (Å²) < 4.78 is 36.7. The van der Waals surface area contributed by atoms with Crippen LogP contribution in [0.3, 0.4) is 0 Å². The molecule has 0 unspecified atom stereocenters. The van der Waals surface area contributed by atoms with Gasteiger partial charge in [-0.15, -0.1) is 5.10 Å². The number of benzene rings is 1. The average Bonchev–Trinajstić information content (AvgIpc) is 3.65.